The minimum atomic E-state index is -0.300. The van der Waals surface area contributed by atoms with Crippen LogP contribution >= 0.6 is 0 Å². The molecule has 2 heterocycles. The number of hydrogen-bond acceptors (Lipinski definition) is 4. The van der Waals surface area contributed by atoms with Gasteiger partial charge in [-0.3, -0.25) is 0 Å². The van der Waals surface area contributed by atoms with E-state index >= 15 is 0 Å². The summed E-state index contributed by atoms with van der Waals surface area (Å²) in [4.78, 5) is 0. The quantitative estimate of drug-likeness (QED) is 0.836. The van der Waals surface area contributed by atoms with E-state index in [9.17, 15) is 0 Å². The zero-order valence-electron chi connectivity index (χ0n) is 12.3. The highest BCUT2D eigenvalue weighted by molar-refractivity contribution is 5.14. The number of nitrogens with one attached hydrogen (secondary N) is 1. The van der Waals surface area contributed by atoms with Crippen molar-refractivity contribution in [2.45, 2.75) is 63.9 Å². The lowest BCUT2D eigenvalue weighted by atomic mass is 9.76. The van der Waals surface area contributed by atoms with Crippen molar-refractivity contribution in [3.05, 3.63) is 0 Å². The van der Waals surface area contributed by atoms with Crippen LogP contribution < -0.4 is 5.32 Å². The minimum Gasteiger partial charge on any atom is -0.380 e. The summed E-state index contributed by atoms with van der Waals surface area (Å²) in [7, 11) is 0. The second-order valence-electron chi connectivity index (χ2n) is 6.45. The summed E-state index contributed by atoms with van der Waals surface area (Å²) in [6, 6.07) is 0.197. The molecule has 0 aromatic rings. The van der Waals surface area contributed by atoms with Gasteiger partial charge >= 0.3 is 0 Å². The van der Waals surface area contributed by atoms with E-state index in [2.05, 4.69) is 33.0 Å². The van der Waals surface area contributed by atoms with Gasteiger partial charge in [0.2, 0.25) is 0 Å². The van der Waals surface area contributed by atoms with E-state index in [0.717, 1.165) is 26.2 Å². The Bertz CT molecular complexity index is 303. The van der Waals surface area contributed by atoms with Crippen LogP contribution in [0.1, 0.15) is 41.0 Å². The van der Waals surface area contributed by atoms with E-state index < -0.39 is 0 Å². The number of rotatable bonds is 3. The van der Waals surface area contributed by atoms with Gasteiger partial charge in [0.15, 0.2) is 0 Å². The van der Waals surface area contributed by atoms with Gasteiger partial charge in [-0.25, -0.2) is 0 Å². The fraction of sp³-hybridized carbons (Fsp3) is 1.00. The summed E-state index contributed by atoms with van der Waals surface area (Å²) >= 11 is 0. The maximum absolute atomic E-state index is 6.22. The zero-order valence-corrected chi connectivity index (χ0v) is 12.3. The van der Waals surface area contributed by atoms with Crippen LogP contribution in [0.5, 0.6) is 0 Å². The molecule has 1 spiro atoms. The van der Waals surface area contributed by atoms with Crippen LogP contribution in [0.3, 0.4) is 0 Å². The molecule has 4 heteroatoms. The Hall–Kier alpha value is -0.160. The first kappa shape index (κ1) is 14.3. The van der Waals surface area contributed by atoms with Crippen LogP contribution in [0.25, 0.3) is 0 Å². The average molecular weight is 257 g/mol. The van der Waals surface area contributed by atoms with Crippen molar-refractivity contribution in [2.75, 3.05) is 26.4 Å². The molecule has 2 aliphatic heterocycles. The molecule has 18 heavy (non-hydrogen) atoms. The fourth-order valence-corrected chi connectivity index (χ4v) is 3.59. The largest absolute Gasteiger partial charge is 0.380 e. The molecular formula is C14H27NO3. The lowest BCUT2D eigenvalue weighted by Crippen LogP contribution is -2.67. The van der Waals surface area contributed by atoms with Gasteiger partial charge in [-0.15, -0.1) is 0 Å². The molecule has 0 radical (unpaired) electrons. The second-order valence-corrected chi connectivity index (χ2v) is 6.45. The fourth-order valence-electron chi connectivity index (χ4n) is 3.59. The second kappa shape index (κ2) is 4.75. The van der Waals surface area contributed by atoms with E-state index in [1.54, 1.807) is 0 Å². The van der Waals surface area contributed by atoms with Gasteiger partial charge in [0, 0.05) is 19.6 Å². The van der Waals surface area contributed by atoms with Crippen molar-refractivity contribution in [1.82, 2.24) is 5.32 Å². The Kier molecular flexibility index (Phi) is 3.76. The molecule has 2 unspecified atom stereocenters. The molecule has 4 nitrogen and oxygen atoms in total. The smallest absolute Gasteiger partial charge is 0.117 e. The van der Waals surface area contributed by atoms with E-state index in [0.29, 0.717) is 6.61 Å². The molecule has 2 rings (SSSR count). The minimum absolute atomic E-state index is 0.146. The molecule has 1 N–H and O–H groups in total. The van der Waals surface area contributed by atoms with Gasteiger partial charge in [-0.1, -0.05) is 0 Å². The molecule has 106 valence electrons. The molecule has 0 saturated carbocycles. The van der Waals surface area contributed by atoms with Crippen molar-refractivity contribution >= 4 is 0 Å². The third-order valence-electron chi connectivity index (χ3n) is 4.14. The summed E-state index contributed by atoms with van der Waals surface area (Å²) in [6.45, 7) is 13.6. The molecule has 0 aliphatic carbocycles. The summed E-state index contributed by atoms with van der Waals surface area (Å²) in [5.74, 6) is 0. The highest BCUT2D eigenvalue weighted by Crippen LogP contribution is 2.49. The number of hydrogen-bond donors (Lipinski definition) is 1. The topological polar surface area (TPSA) is 39.7 Å². The molecule has 2 atom stereocenters. The molecule has 0 aromatic carbocycles. The number of morpholine rings is 1. The molecule has 0 bridgehead atoms. The van der Waals surface area contributed by atoms with Crippen LogP contribution in [0.4, 0.5) is 0 Å². The van der Waals surface area contributed by atoms with Crippen molar-refractivity contribution in [3.63, 3.8) is 0 Å². The third kappa shape index (κ3) is 2.31. The standard InChI is InChI=1S/C14H27NO3/c1-6-16-9-11-14(17-8-7-15-11)10-12(2,3)18-13(14,4)5/h11,15H,6-10H2,1-5H3. The first-order chi connectivity index (χ1) is 8.33. The summed E-state index contributed by atoms with van der Waals surface area (Å²) in [5, 5.41) is 3.55. The van der Waals surface area contributed by atoms with E-state index in [-0.39, 0.29) is 22.8 Å². The average Bonchev–Trinajstić information content (AvgIpc) is 2.43. The van der Waals surface area contributed by atoms with E-state index in [1.165, 1.54) is 0 Å². The molecule has 2 aliphatic rings. The third-order valence-corrected chi connectivity index (χ3v) is 4.14. The van der Waals surface area contributed by atoms with Crippen LogP contribution in [-0.2, 0) is 14.2 Å². The summed E-state index contributed by atoms with van der Waals surface area (Å²) < 4.78 is 18.1. The molecule has 0 amide bonds. The van der Waals surface area contributed by atoms with Gasteiger partial charge in [-0.05, 0) is 34.6 Å². The van der Waals surface area contributed by atoms with Gasteiger partial charge in [0.1, 0.15) is 5.60 Å². The van der Waals surface area contributed by atoms with Crippen molar-refractivity contribution in [1.29, 1.82) is 0 Å². The van der Waals surface area contributed by atoms with Crippen LogP contribution in [0.15, 0.2) is 0 Å². The predicted octanol–water partition coefficient (Wildman–Crippen LogP) is 1.73. The predicted molar refractivity (Wildman–Crippen MR) is 70.8 cm³/mol. The Morgan fingerprint density at radius 1 is 1.28 bits per heavy atom. The Morgan fingerprint density at radius 2 is 2.00 bits per heavy atom. The van der Waals surface area contributed by atoms with Crippen molar-refractivity contribution < 1.29 is 14.2 Å². The molecule has 2 saturated heterocycles. The van der Waals surface area contributed by atoms with E-state index in [4.69, 9.17) is 14.2 Å². The monoisotopic (exact) mass is 257 g/mol. The first-order valence-electron chi connectivity index (χ1n) is 6.98. The Balaban J connectivity index is 2.24. The van der Waals surface area contributed by atoms with Gasteiger partial charge in [0.05, 0.1) is 30.5 Å². The summed E-state index contributed by atoms with van der Waals surface area (Å²) in [5.41, 5.74) is -0.734. The highest BCUT2D eigenvalue weighted by atomic mass is 16.6. The van der Waals surface area contributed by atoms with Gasteiger partial charge < -0.3 is 19.5 Å². The van der Waals surface area contributed by atoms with Crippen molar-refractivity contribution in [2.24, 2.45) is 0 Å². The van der Waals surface area contributed by atoms with Gasteiger partial charge in [0.25, 0.3) is 0 Å². The lowest BCUT2D eigenvalue weighted by Gasteiger charge is -2.48. The van der Waals surface area contributed by atoms with Crippen LogP contribution in [0, 0.1) is 0 Å². The zero-order chi connectivity index (χ0) is 13.4. The van der Waals surface area contributed by atoms with Crippen LogP contribution in [-0.4, -0.2) is 49.2 Å². The Morgan fingerprint density at radius 3 is 2.56 bits per heavy atom. The van der Waals surface area contributed by atoms with Gasteiger partial charge in [-0.2, -0.15) is 0 Å². The molecular weight excluding hydrogens is 230 g/mol. The molecule has 2 fully saturated rings. The van der Waals surface area contributed by atoms with Crippen molar-refractivity contribution in [3.8, 4) is 0 Å². The summed E-state index contributed by atoms with van der Waals surface area (Å²) in [6.07, 6.45) is 0.901. The SMILES string of the molecule is CCOCC1NCCOC12CC(C)(C)OC2(C)C. The van der Waals surface area contributed by atoms with Crippen LogP contribution in [0.2, 0.25) is 0 Å². The molecule has 0 aromatic heterocycles. The lowest BCUT2D eigenvalue weighted by molar-refractivity contribution is -0.186. The number of ether oxygens (including phenoxy) is 3. The normalized spacial score (nSPS) is 38.2. The Labute approximate surface area is 110 Å². The maximum atomic E-state index is 6.22. The maximum Gasteiger partial charge on any atom is 0.117 e. The highest BCUT2D eigenvalue weighted by Gasteiger charge is 2.62. The van der Waals surface area contributed by atoms with E-state index in [1.807, 2.05) is 6.92 Å². The first-order valence-corrected chi connectivity index (χ1v) is 6.98.